The molecule has 1 aromatic rings. The highest BCUT2D eigenvalue weighted by Gasteiger charge is 2.14. The number of nitrogen functional groups attached to an aromatic ring is 1. The van der Waals surface area contributed by atoms with Gasteiger partial charge in [0.05, 0.1) is 10.7 Å². The lowest BCUT2D eigenvalue weighted by atomic mass is 10.2. The van der Waals surface area contributed by atoms with Gasteiger partial charge in [0.2, 0.25) is 5.91 Å². The van der Waals surface area contributed by atoms with Crippen LogP contribution < -0.4 is 11.1 Å². The van der Waals surface area contributed by atoms with Crippen molar-refractivity contribution in [3.05, 3.63) is 23.2 Å². The van der Waals surface area contributed by atoms with E-state index in [-0.39, 0.29) is 5.91 Å². The molecule has 1 rings (SSSR count). The number of nitrogens with two attached hydrogens (primary N) is 1. The summed E-state index contributed by atoms with van der Waals surface area (Å²) in [5.74, 6) is 1.05. The molecule has 3 N–H and O–H groups in total. The van der Waals surface area contributed by atoms with Crippen LogP contribution in [0.4, 0.5) is 11.4 Å². The molecule has 0 bridgehead atoms. The van der Waals surface area contributed by atoms with Crippen LogP contribution in [0.1, 0.15) is 19.8 Å². The highest BCUT2D eigenvalue weighted by Crippen LogP contribution is 2.24. The van der Waals surface area contributed by atoms with Crippen LogP contribution in [0.2, 0.25) is 5.02 Å². The number of benzene rings is 1. The molecule has 0 aromatic heterocycles. The number of halogens is 1. The maximum absolute atomic E-state index is 12.0. The number of nitrogens with one attached hydrogen (secondary N) is 1. The number of rotatable bonds is 8. The molecule has 0 aliphatic carbocycles. The van der Waals surface area contributed by atoms with Gasteiger partial charge in [-0.3, -0.25) is 4.79 Å². The Morgan fingerprint density at radius 1 is 1.52 bits per heavy atom. The third kappa shape index (κ3) is 6.16. The summed E-state index contributed by atoms with van der Waals surface area (Å²) >= 11 is 7.87. The lowest BCUT2D eigenvalue weighted by Gasteiger charge is -2.26. The molecule has 0 aliphatic rings. The van der Waals surface area contributed by atoms with Crippen LogP contribution in [0.25, 0.3) is 0 Å². The van der Waals surface area contributed by atoms with Gasteiger partial charge in [-0.25, -0.2) is 0 Å². The van der Waals surface area contributed by atoms with Crippen molar-refractivity contribution < 1.29 is 4.79 Å². The van der Waals surface area contributed by atoms with E-state index in [2.05, 4.69) is 30.4 Å². The highest BCUT2D eigenvalue weighted by atomic mass is 35.5. The predicted molar refractivity (Wildman–Crippen MR) is 94.2 cm³/mol. The van der Waals surface area contributed by atoms with Crippen molar-refractivity contribution in [2.75, 3.05) is 36.7 Å². The number of thioether (sulfide) groups is 1. The van der Waals surface area contributed by atoms with Crippen LogP contribution in [0.3, 0.4) is 0 Å². The van der Waals surface area contributed by atoms with E-state index in [0.717, 1.165) is 18.7 Å². The number of nitrogens with zero attached hydrogens (tertiary/aromatic N) is 1. The van der Waals surface area contributed by atoms with Crippen molar-refractivity contribution in [2.24, 2.45) is 0 Å². The predicted octanol–water partition coefficient (Wildman–Crippen LogP) is 3.32. The number of carbonyl (C=O) groups excluding carboxylic acids is 1. The van der Waals surface area contributed by atoms with Gasteiger partial charge in [-0.15, -0.1) is 0 Å². The van der Waals surface area contributed by atoms with E-state index in [9.17, 15) is 4.79 Å². The quantitative estimate of drug-likeness (QED) is 0.718. The fourth-order valence-corrected chi connectivity index (χ4v) is 3.17. The van der Waals surface area contributed by atoms with Crippen molar-refractivity contribution in [3.63, 3.8) is 0 Å². The third-order valence-electron chi connectivity index (χ3n) is 3.41. The Balaban J connectivity index is 2.46. The zero-order chi connectivity index (χ0) is 15.8. The first kappa shape index (κ1) is 18.1. The zero-order valence-electron chi connectivity index (χ0n) is 12.9. The summed E-state index contributed by atoms with van der Waals surface area (Å²) in [6.45, 7) is 2.91. The Morgan fingerprint density at radius 3 is 2.81 bits per heavy atom. The molecule has 0 radical (unpaired) electrons. The number of hydrogen-bond acceptors (Lipinski definition) is 4. The summed E-state index contributed by atoms with van der Waals surface area (Å²) in [5.41, 5.74) is 6.82. The molecule has 0 aliphatic heterocycles. The summed E-state index contributed by atoms with van der Waals surface area (Å²) in [7, 11) is 2.06. The summed E-state index contributed by atoms with van der Waals surface area (Å²) < 4.78 is 0. The second-order valence-corrected chi connectivity index (χ2v) is 6.35. The molecule has 1 aromatic carbocycles. The summed E-state index contributed by atoms with van der Waals surface area (Å²) in [6.07, 6.45) is 3.64. The first-order chi connectivity index (χ1) is 9.97. The van der Waals surface area contributed by atoms with Crippen molar-refractivity contribution in [2.45, 2.75) is 25.8 Å². The van der Waals surface area contributed by atoms with Gasteiger partial charge in [0.15, 0.2) is 0 Å². The number of amides is 1. The van der Waals surface area contributed by atoms with Gasteiger partial charge in [-0.2, -0.15) is 11.8 Å². The molecule has 0 saturated heterocycles. The average Bonchev–Trinajstić information content (AvgIpc) is 2.45. The lowest BCUT2D eigenvalue weighted by Crippen LogP contribution is -2.35. The minimum Gasteiger partial charge on any atom is -0.399 e. The smallest absolute Gasteiger partial charge is 0.225 e. The molecule has 0 heterocycles. The van der Waals surface area contributed by atoms with E-state index in [1.54, 1.807) is 18.2 Å². The van der Waals surface area contributed by atoms with Gasteiger partial charge in [-0.05, 0) is 37.9 Å². The molecule has 4 nitrogen and oxygen atoms in total. The first-order valence-electron chi connectivity index (χ1n) is 7.02. The van der Waals surface area contributed by atoms with E-state index in [4.69, 9.17) is 17.3 Å². The average molecular weight is 330 g/mol. The topological polar surface area (TPSA) is 58.4 Å². The van der Waals surface area contributed by atoms with Crippen LogP contribution in [-0.2, 0) is 4.79 Å². The Labute approximate surface area is 136 Å². The second-order valence-electron chi connectivity index (χ2n) is 5.04. The summed E-state index contributed by atoms with van der Waals surface area (Å²) in [5, 5.41) is 3.29. The van der Waals surface area contributed by atoms with Crippen molar-refractivity contribution in [3.8, 4) is 0 Å². The highest BCUT2D eigenvalue weighted by molar-refractivity contribution is 7.98. The van der Waals surface area contributed by atoms with Crippen molar-refractivity contribution in [1.82, 2.24) is 4.90 Å². The van der Waals surface area contributed by atoms with Crippen LogP contribution in [-0.4, -0.2) is 42.4 Å². The Bertz CT molecular complexity index is 470. The van der Waals surface area contributed by atoms with Crippen LogP contribution in [0, 0.1) is 0 Å². The van der Waals surface area contributed by atoms with E-state index in [1.807, 2.05) is 11.8 Å². The molecule has 6 heteroatoms. The first-order valence-corrected chi connectivity index (χ1v) is 8.79. The zero-order valence-corrected chi connectivity index (χ0v) is 14.4. The van der Waals surface area contributed by atoms with Crippen LogP contribution in [0.15, 0.2) is 18.2 Å². The molecule has 1 atom stereocenters. The molecule has 0 spiro atoms. The fourth-order valence-electron chi connectivity index (χ4n) is 2.06. The standard InChI is InChI=1S/C15H24ClN3OS/c1-4-12(10-21-3)19(2)8-7-15(20)18-14-6-5-11(17)9-13(14)16/h5-6,9,12H,4,7-8,10,17H2,1-3H3,(H,18,20). The largest absolute Gasteiger partial charge is 0.399 e. The molecule has 0 saturated carbocycles. The van der Waals surface area contributed by atoms with Crippen molar-refractivity contribution in [1.29, 1.82) is 0 Å². The number of carbonyl (C=O) groups is 1. The third-order valence-corrected chi connectivity index (χ3v) is 4.44. The molecule has 1 amide bonds. The fraction of sp³-hybridized carbons (Fsp3) is 0.533. The van der Waals surface area contributed by atoms with E-state index in [1.165, 1.54) is 0 Å². The normalized spacial score (nSPS) is 12.4. The summed E-state index contributed by atoms with van der Waals surface area (Å²) in [6, 6.07) is 5.59. The number of hydrogen-bond donors (Lipinski definition) is 2. The minimum atomic E-state index is -0.0347. The van der Waals surface area contributed by atoms with Gasteiger partial charge in [0.25, 0.3) is 0 Å². The molecule has 21 heavy (non-hydrogen) atoms. The maximum Gasteiger partial charge on any atom is 0.225 e. The second kappa shape index (κ2) is 9.18. The van der Waals surface area contributed by atoms with Gasteiger partial charge in [0.1, 0.15) is 0 Å². The SMILES string of the molecule is CCC(CSC)N(C)CCC(=O)Nc1ccc(N)cc1Cl. The Morgan fingerprint density at radius 2 is 2.24 bits per heavy atom. The lowest BCUT2D eigenvalue weighted by molar-refractivity contribution is -0.116. The summed E-state index contributed by atoms with van der Waals surface area (Å²) in [4.78, 5) is 14.2. The monoisotopic (exact) mass is 329 g/mol. The van der Waals surface area contributed by atoms with Gasteiger partial charge < -0.3 is 16.0 Å². The van der Waals surface area contributed by atoms with Crippen molar-refractivity contribution >= 4 is 40.6 Å². The van der Waals surface area contributed by atoms with Gasteiger partial charge in [0, 0.05) is 30.4 Å². The maximum atomic E-state index is 12.0. The number of anilines is 2. The molecule has 118 valence electrons. The molecule has 0 fully saturated rings. The van der Waals surface area contributed by atoms with E-state index >= 15 is 0 Å². The van der Waals surface area contributed by atoms with E-state index < -0.39 is 0 Å². The minimum absolute atomic E-state index is 0.0347. The Kier molecular flexibility index (Phi) is 7.93. The molecular weight excluding hydrogens is 306 g/mol. The molecule has 1 unspecified atom stereocenters. The molecular formula is C15H24ClN3OS. The van der Waals surface area contributed by atoms with Gasteiger partial charge in [-0.1, -0.05) is 18.5 Å². The van der Waals surface area contributed by atoms with E-state index in [0.29, 0.717) is 28.9 Å². The van der Waals surface area contributed by atoms with Crippen LogP contribution in [0.5, 0.6) is 0 Å². The Hall–Kier alpha value is -0.910. The van der Waals surface area contributed by atoms with Gasteiger partial charge >= 0.3 is 0 Å². The van der Waals surface area contributed by atoms with Crippen LogP contribution >= 0.6 is 23.4 Å².